The molecule has 0 aromatic heterocycles. The Labute approximate surface area is 123 Å². The lowest BCUT2D eigenvalue weighted by Gasteiger charge is -2.29. The number of rotatable bonds is 3. The zero-order chi connectivity index (χ0) is 15.0. The third kappa shape index (κ3) is 2.63. The van der Waals surface area contributed by atoms with Crippen LogP contribution in [0.1, 0.15) is 18.4 Å². The summed E-state index contributed by atoms with van der Waals surface area (Å²) in [5.74, 6) is -0.820. The maximum Gasteiger partial charge on any atom is 0.307 e. The molecule has 0 saturated carbocycles. The number of hydrogen-bond donors (Lipinski definition) is 1. The maximum atomic E-state index is 12.6. The quantitative estimate of drug-likeness (QED) is 0.904. The number of carbonyl (C=O) groups is 1. The Kier molecular flexibility index (Phi) is 3.62. The lowest BCUT2D eigenvalue weighted by molar-refractivity contribution is -0.142. The zero-order valence-corrected chi connectivity index (χ0v) is 12.3. The molecule has 1 N–H and O–H groups in total. The summed E-state index contributed by atoms with van der Waals surface area (Å²) in [4.78, 5) is 11.3. The minimum absolute atomic E-state index is 0.0469. The lowest BCUT2D eigenvalue weighted by atomic mass is 10.0. The lowest BCUT2D eigenvalue weighted by Crippen LogP contribution is -2.42. The molecule has 1 atom stereocenters. The molecule has 1 aromatic carbocycles. The molecular formula is C14H17NO5S. The second-order valence-corrected chi connectivity index (χ2v) is 7.35. The Balaban J connectivity index is 1.88. The van der Waals surface area contributed by atoms with Crippen molar-refractivity contribution in [2.45, 2.75) is 24.2 Å². The number of hydrogen-bond acceptors (Lipinski definition) is 4. The van der Waals surface area contributed by atoms with E-state index in [1.54, 1.807) is 12.1 Å². The van der Waals surface area contributed by atoms with Crippen LogP contribution in [0.4, 0.5) is 0 Å². The number of piperidine rings is 1. The minimum atomic E-state index is -3.64. The van der Waals surface area contributed by atoms with Gasteiger partial charge in [-0.15, -0.1) is 0 Å². The first-order chi connectivity index (χ1) is 9.98. The molecule has 1 saturated heterocycles. The van der Waals surface area contributed by atoms with Gasteiger partial charge >= 0.3 is 5.97 Å². The standard InChI is InChI=1S/C14H17NO5S/c16-14(17)11-2-1-6-15(9-11)21(18,19)12-3-4-13-10(8-12)5-7-20-13/h3-4,8,11H,1-2,5-7,9H2,(H,16,17). The van der Waals surface area contributed by atoms with E-state index in [9.17, 15) is 13.2 Å². The zero-order valence-electron chi connectivity index (χ0n) is 11.5. The molecule has 1 aromatic rings. The van der Waals surface area contributed by atoms with Crippen LogP contribution in [0.25, 0.3) is 0 Å². The maximum absolute atomic E-state index is 12.6. The molecule has 0 bridgehead atoms. The molecule has 0 aliphatic carbocycles. The third-order valence-corrected chi connectivity index (χ3v) is 5.89. The summed E-state index contributed by atoms with van der Waals surface area (Å²) in [6.45, 7) is 0.995. The van der Waals surface area contributed by atoms with E-state index in [2.05, 4.69) is 0 Å². The first-order valence-electron chi connectivity index (χ1n) is 6.97. The van der Waals surface area contributed by atoms with E-state index in [4.69, 9.17) is 9.84 Å². The van der Waals surface area contributed by atoms with Crippen molar-refractivity contribution in [3.8, 4) is 5.75 Å². The average Bonchev–Trinajstić information content (AvgIpc) is 2.94. The van der Waals surface area contributed by atoms with E-state index in [1.807, 2.05) is 0 Å². The van der Waals surface area contributed by atoms with Crippen molar-refractivity contribution >= 4 is 16.0 Å². The Morgan fingerprint density at radius 2 is 2.19 bits per heavy atom. The van der Waals surface area contributed by atoms with E-state index in [-0.39, 0.29) is 11.4 Å². The van der Waals surface area contributed by atoms with Crippen molar-refractivity contribution in [3.63, 3.8) is 0 Å². The largest absolute Gasteiger partial charge is 0.493 e. The van der Waals surface area contributed by atoms with Gasteiger partial charge < -0.3 is 9.84 Å². The molecule has 1 fully saturated rings. The normalized spacial score (nSPS) is 22.6. The number of carboxylic acid groups (broad SMARTS) is 1. The molecule has 7 heteroatoms. The number of fused-ring (bicyclic) bond motifs is 1. The fourth-order valence-corrected chi connectivity index (χ4v) is 4.41. The summed E-state index contributed by atoms with van der Waals surface area (Å²) >= 11 is 0. The monoisotopic (exact) mass is 311 g/mol. The van der Waals surface area contributed by atoms with E-state index in [0.717, 1.165) is 11.3 Å². The summed E-state index contributed by atoms with van der Waals surface area (Å²) in [7, 11) is -3.64. The molecular weight excluding hydrogens is 294 g/mol. The molecule has 21 heavy (non-hydrogen) atoms. The summed E-state index contributed by atoms with van der Waals surface area (Å²) in [6.07, 6.45) is 1.81. The van der Waals surface area contributed by atoms with Crippen molar-refractivity contribution in [1.82, 2.24) is 4.31 Å². The summed E-state index contributed by atoms with van der Waals surface area (Å²) < 4.78 is 32.0. The van der Waals surface area contributed by atoms with Crippen LogP contribution in [-0.2, 0) is 21.2 Å². The number of sulfonamides is 1. The van der Waals surface area contributed by atoms with Gasteiger partial charge in [-0.25, -0.2) is 8.42 Å². The molecule has 0 radical (unpaired) electrons. The van der Waals surface area contributed by atoms with Crippen LogP contribution in [0.2, 0.25) is 0 Å². The average molecular weight is 311 g/mol. The van der Waals surface area contributed by atoms with Gasteiger partial charge in [-0.2, -0.15) is 4.31 Å². The predicted molar refractivity (Wildman–Crippen MR) is 74.8 cm³/mol. The van der Waals surface area contributed by atoms with Crippen LogP contribution < -0.4 is 4.74 Å². The molecule has 1 unspecified atom stereocenters. The first-order valence-corrected chi connectivity index (χ1v) is 8.41. The SMILES string of the molecule is O=C(O)C1CCCN(S(=O)(=O)c2ccc3c(c2)CCO3)C1. The molecule has 2 aliphatic heterocycles. The number of benzene rings is 1. The van der Waals surface area contributed by atoms with Gasteiger partial charge in [-0.1, -0.05) is 0 Å². The third-order valence-electron chi connectivity index (χ3n) is 4.03. The Morgan fingerprint density at radius 1 is 1.38 bits per heavy atom. The van der Waals surface area contributed by atoms with Gasteiger partial charge in [-0.3, -0.25) is 4.79 Å². The van der Waals surface area contributed by atoms with Gasteiger partial charge in [0.15, 0.2) is 0 Å². The van der Waals surface area contributed by atoms with E-state index in [1.165, 1.54) is 10.4 Å². The number of ether oxygens (including phenoxy) is 1. The fraction of sp³-hybridized carbons (Fsp3) is 0.500. The smallest absolute Gasteiger partial charge is 0.307 e. The van der Waals surface area contributed by atoms with E-state index >= 15 is 0 Å². The molecule has 0 amide bonds. The molecule has 3 rings (SSSR count). The van der Waals surface area contributed by atoms with E-state index < -0.39 is 21.9 Å². The van der Waals surface area contributed by atoms with Gasteiger partial charge in [0.25, 0.3) is 0 Å². The van der Waals surface area contributed by atoms with Crippen LogP contribution >= 0.6 is 0 Å². The van der Waals surface area contributed by atoms with Gasteiger partial charge in [0, 0.05) is 19.5 Å². The second kappa shape index (κ2) is 5.31. The van der Waals surface area contributed by atoms with Crippen molar-refractivity contribution in [1.29, 1.82) is 0 Å². The fourth-order valence-electron chi connectivity index (χ4n) is 2.83. The highest BCUT2D eigenvalue weighted by Gasteiger charge is 2.33. The molecule has 114 valence electrons. The summed E-state index contributed by atoms with van der Waals surface area (Å²) in [6, 6.07) is 4.85. The van der Waals surface area contributed by atoms with Crippen LogP contribution in [0.3, 0.4) is 0 Å². The van der Waals surface area contributed by atoms with E-state index in [0.29, 0.717) is 32.4 Å². The Hall–Kier alpha value is -1.60. The highest BCUT2D eigenvalue weighted by Crippen LogP contribution is 2.30. The molecule has 2 heterocycles. The summed E-state index contributed by atoms with van der Waals surface area (Å²) in [5, 5.41) is 9.08. The van der Waals surface area contributed by atoms with Crippen LogP contribution in [0.5, 0.6) is 5.75 Å². The highest BCUT2D eigenvalue weighted by molar-refractivity contribution is 7.89. The van der Waals surface area contributed by atoms with Gasteiger partial charge in [0.05, 0.1) is 17.4 Å². The highest BCUT2D eigenvalue weighted by atomic mass is 32.2. The van der Waals surface area contributed by atoms with Crippen molar-refractivity contribution < 1.29 is 23.1 Å². The second-order valence-electron chi connectivity index (χ2n) is 5.41. The van der Waals surface area contributed by atoms with Gasteiger partial charge in [0.1, 0.15) is 5.75 Å². The summed E-state index contributed by atoms with van der Waals surface area (Å²) in [5.41, 5.74) is 0.892. The van der Waals surface area contributed by atoms with Crippen LogP contribution in [0.15, 0.2) is 23.1 Å². The van der Waals surface area contributed by atoms with Crippen molar-refractivity contribution in [3.05, 3.63) is 23.8 Å². The topological polar surface area (TPSA) is 83.9 Å². The molecule has 2 aliphatic rings. The Bertz CT molecular complexity index is 670. The molecule has 6 nitrogen and oxygen atoms in total. The van der Waals surface area contributed by atoms with Crippen molar-refractivity contribution in [2.24, 2.45) is 5.92 Å². The van der Waals surface area contributed by atoms with Gasteiger partial charge in [-0.05, 0) is 36.6 Å². The Morgan fingerprint density at radius 3 is 2.95 bits per heavy atom. The predicted octanol–water partition coefficient (Wildman–Crippen LogP) is 1.11. The first kappa shape index (κ1) is 14.3. The van der Waals surface area contributed by atoms with Crippen LogP contribution in [-0.4, -0.2) is 43.5 Å². The number of carboxylic acids is 1. The van der Waals surface area contributed by atoms with Crippen LogP contribution in [0, 0.1) is 5.92 Å². The number of aliphatic carboxylic acids is 1. The van der Waals surface area contributed by atoms with Crippen molar-refractivity contribution in [2.75, 3.05) is 19.7 Å². The number of nitrogens with zero attached hydrogens (tertiary/aromatic N) is 1. The minimum Gasteiger partial charge on any atom is -0.493 e. The molecule has 0 spiro atoms. The van der Waals surface area contributed by atoms with Gasteiger partial charge in [0.2, 0.25) is 10.0 Å².